The van der Waals surface area contributed by atoms with Crippen LogP contribution in [0.15, 0.2) is 84.2 Å². The van der Waals surface area contributed by atoms with Crippen molar-refractivity contribution in [2.75, 3.05) is 0 Å². The summed E-state index contributed by atoms with van der Waals surface area (Å²) < 4.78 is 0. The number of hydrogen-bond donors (Lipinski definition) is 1. The van der Waals surface area contributed by atoms with Gasteiger partial charge in [-0.25, -0.2) is 0 Å². The molecule has 136 valence electrons. The Morgan fingerprint density at radius 2 is 1.39 bits per heavy atom. The summed E-state index contributed by atoms with van der Waals surface area (Å²) in [6.07, 6.45) is 4.27. The molecule has 0 amide bonds. The van der Waals surface area contributed by atoms with Crippen LogP contribution in [0.5, 0.6) is 0 Å². The van der Waals surface area contributed by atoms with E-state index in [1.807, 2.05) is 30.3 Å². The van der Waals surface area contributed by atoms with Gasteiger partial charge in [0.25, 0.3) is 0 Å². The van der Waals surface area contributed by atoms with E-state index in [2.05, 4.69) is 56.9 Å². The number of halogens is 1. The van der Waals surface area contributed by atoms with E-state index in [0.29, 0.717) is 0 Å². The topological polar surface area (TPSA) is 50.2 Å². The van der Waals surface area contributed by atoms with Gasteiger partial charge in [-0.15, -0.1) is 0 Å². The average molecular weight is 385 g/mol. The van der Waals surface area contributed by atoms with Crippen LogP contribution in [0.4, 0.5) is 0 Å². The minimum absolute atomic E-state index is 0.150. The minimum Gasteiger partial charge on any atom is -0.302 e. The highest BCUT2D eigenvalue weighted by Crippen LogP contribution is 2.28. The molecule has 1 aliphatic heterocycles. The van der Waals surface area contributed by atoms with Crippen LogP contribution < -0.4 is 5.43 Å². The van der Waals surface area contributed by atoms with Crippen LogP contribution in [0.25, 0.3) is 22.2 Å². The molecule has 3 aromatic carbocycles. The first-order valence-electron chi connectivity index (χ1n) is 9.15. The number of fused-ring (bicyclic) bond motifs is 1. The monoisotopic (exact) mass is 384 g/mol. The SMILES string of the molecule is Clc1ccc(-c2ccc(C3=NNC(c4ccc5nccnc5c4)C3)cc2)cc1. The Kier molecular flexibility index (Phi) is 4.26. The van der Waals surface area contributed by atoms with Crippen molar-refractivity contribution in [3.8, 4) is 11.1 Å². The fourth-order valence-corrected chi connectivity index (χ4v) is 3.64. The molecule has 0 bridgehead atoms. The van der Waals surface area contributed by atoms with Gasteiger partial charge in [-0.3, -0.25) is 9.97 Å². The Morgan fingerprint density at radius 3 is 2.14 bits per heavy atom. The highest BCUT2D eigenvalue weighted by molar-refractivity contribution is 6.30. The highest BCUT2D eigenvalue weighted by atomic mass is 35.5. The second kappa shape index (κ2) is 7.06. The lowest BCUT2D eigenvalue weighted by Gasteiger charge is -2.11. The fraction of sp³-hybridized carbons (Fsp3) is 0.0870. The molecule has 4 aromatic rings. The zero-order chi connectivity index (χ0) is 18.9. The van der Waals surface area contributed by atoms with E-state index in [1.165, 1.54) is 5.56 Å². The molecule has 0 spiro atoms. The van der Waals surface area contributed by atoms with Gasteiger partial charge in [0.05, 0.1) is 22.8 Å². The number of hydrazone groups is 1. The molecule has 28 heavy (non-hydrogen) atoms. The summed E-state index contributed by atoms with van der Waals surface area (Å²) in [6, 6.07) is 22.7. The number of hydrogen-bond acceptors (Lipinski definition) is 4. The first-order chi connectivity index (χ1) is 13.8. The van der Waals surface area contributed by atoms with E-state index in [1.54, 1.807) is 12.4 Å². The van der Waals surface area contributed by atoms with Crippen molar-refractivity contribution < 1.29 is 0 Å². The van der Waals surface area contributed by atoms with Crippen molar-refractivity contribution in [3.63, 3.8) is 0 Å². The molecule has 1 aromatic heterocycles. The van der Waals surface area contributed by atoms with E-state index in [4.69, 9.17) is 11.6 Å². The average Bonchev–Trinajstić information content (AvgIpc) is 3.24. The van der Waals surface area contributed by atoms with E-state index in [-0.39, 0.29) is 6.04 Å². The van der Waals surface area contributed by atoms with Gasteiger partial charge < -0.3 is 5.43 Å². The summed E-state index contributed by atoms with van der Waals surface area (Å²) in [4.78, 5) is 8.73. The van der Waals surface area contributed by atoms with Gasteiger partial charge in [-0.1, -0.05) is 54.1 Å². The predicted molar refractivity (Wildman–Crippen MR) is 113 cm³/mol. The molecular weight excluding hydrogens is 368 g/mol. The molecular formula is C23H17ClN4. The molecule has 0 saturated carbocycles. The maximum atomic E-state index is 5.98. The van der Waals surface area contributed by atoms with Crippen molar-refractivity contribution in [3.05, 3.63) is 95.3 Å². The summed E-state index contributed by atoms with van der Waals surface area (Å²) in [7, 11) is 0. The van der Waals surface area contributed by atoms with Crippen LogP contribution in [-0.2, 0) is 0 Å². The number of nitrogens with one attached hydrogen (secondary N) is 1. The van der Waals surface area contributed by atoms with Crippen molar-refractivity contribution in [1.29, 1.82) is 0 Å². The number of nitrogens with zero attached hydrogens (tertiary/aromatic N) is 3. The molecule has 5 heteroatoms. The first-order valence-corrected chi connectivity index (χ1v) is 9.53. The predicted octanol–water partition coefficient (Wildman–Crippen LogP) is 5.39. The van der Waals surface area contributed by atoms with Gasteiger partial charge in [0, 0.05) is 23.8 Å². The van der Waals surface area contributed by atoms with Crippen LogP contribution >= 0.6 is 11.6 Å². The summed E-state index contributed by atoms with van der Waals surface area (Å²) in [5.41, 5.74) is 10.8. The Morgan fingerprint density at radius 1 is 0.750 bits per heavy atom. The number of benzene rings is 3. The zero-order valence-electron chi connectivity index (χ0n) is 15.0. The molecule has 4 nitrogen and oxygen atoms in total. The second-order valence-corrected chi connectivity index (χ2v) is 7.27. The molecule has 2 heterocycles. The third-order valence-electron chi connectivity index (χ3n) is 5.04. The lowest BCUT2D eigenvalue weighted by atomic mass is 9.97. The standard InChI is InChI=1S/C23H17ClN4/c24-19-8-5-16(6-9-19)15-1-3-17(4-2-15)21-14-22(28-27-21)18-7-10-20-23(13-18)26-12-11-25-20/h1-13,22,28H,14H2. The van der Waals surface area contributed by atoms with Gasteiger partial charge in [-0.05, 0) is 46.5 Å². The molecule has 0 aliphatic carbocycles. The smallest absolute Gasteiger partial charge is 0.0890 e. The van der Waals surface area contributed by atoms with Gasteiger partial charge in [0.1, 0.15) is 0 Å². The Labute approximate surface area is 167 Å². The van der Waals surface area contributed by atoms with E-state index in [0.717, 1.165) is 44.9 Å². The number of aromatic nitrogens is 2. The summed E-state index contributed by atoms with van der Waals surface area (Å²) in [6.45, 7) is 0. The number of rotatable bonds is 3. The fourth-order valence-electron chi connectivity index (χ4n) is 3.51. The molecule has 1 atom stereocenters. The summed E-state index contributed by atoms with van der Waals surface area (Å²) >= 11 is 5.98. The van der Waals surface area contributed by atoms with Crippen LogP contribution in [0, 0.1) is 0 Å². The van der Waals surface area contributed by atoms with Crippen LogP contribution in [0.1, 0.15) is 23.6 Å². The quantitative estimate of drug-likeness (QED) is 0.515. The van der Waals surface area contributed by atoms with E-state index >= 15 is 0 Å². The van der Waals surface area contributed by atoms with Crippen LogP contribution in [-0.4, -0.2) is 15.7 Å². The lowest BCUT2D eigenvalue weighted by Crippen LogP contribution is -2.10. The molecule has 0 fully saturated rings. The van der Waals surface area contributed by atoms with Crippen molar-refractivity contribution in [2.45, 2.75) is 12.5 Å². The molecule has 1 N–H and O–H groups in total. The van der Waals surface area contributed by atoms with Gasteiger partial charge in [-0.2, -0.15) is 5.10 Å². The van der Waals surface area contributed by atoms with E-state index < -0.39 is 0 Å². The second-order valence-electron chi connectivity index (χ2n) is 6.83. The van der Waals surface area contributed by atoms with Crippen LogP contribution in [0.3, 0.4) is 0 Å². The third kappa shape index (κ3) is 3.23. The Balaban J connectivity index is 1.34. The summed E-state index contributed by atoms with van der Waals surface area (Å²) in [5, 5.41) is 5.32. The molecule has 0 radical (unpaired) electrons. The Bertz CT molecular complexity index is 1170. The van der Waals surface area contributed by atoms with Gasteiger partial charge in [0.2, 0.25) is 0 Å². The van der Waals surface area contributed by atoms with Gasteiger partial charge >= 0.3 is 0 Å². The van der Waals surface area contributed by atoms with E-state index in [9.17, 15) is 0 Å². The third-order valence-corrected chi connectivity index (χ3v) is 5.30. The maximum absolute atomic E-state index is 5.98. The van der Waals surface area contributed by atoms with Crippen molar-refractivity contribution in [2.24, 2.45) is 5.10 Å². The normalized spacial score (nSPS) is 16.0. The maximum Gasteiger partial charge on any atom is 0.0890 e. The van der Waals surface area contributed by atoms with Crippen molar-refractivity contribution in [1.82, 2.24) is 15.4 Å². The largest absolute Gasteiger partial charge is 0.302 e. The van der Waals surface area contributed by atoms with Crippen LogP contribution in [0.2, 0.25) is 5.02 Å². The first kappa shape index (κ1) is 16.9. The van der Waals surface area contributed by atoms with Gasteiger partial charge in [0.15, 0.2) is 0 Å². The molecule has 5 rings (SSSR count). The molecule has 0 saturated heterocycles. The molecule has 1 unspecified atom stereocenters. The zero-order valence-corrected chi connectivity index (χ0v) is 15.8. The minimum atomic E-state index is 0.150. The Hall–Kier alpha value is -3.24. The van der Waals surface area contributed by atoms with Crippen molar-refractivity contribution >= 4 is 28.3 Å². The summed E-state index contributed by atoms with van der Waals surface area (Å²) in [5.74, 6) is 0. The molecule has 1 aliphatic rings. The lowest BCUT2D eigenvalue weighted by molar-refractivity contribution is 0.620. The highest BCUT2D eigenvalue weighted by Gasteiger charge is 2.21.